The maximum absolute atomic E-state index is 13.5. The van der Waals surface area contributed by atoms with Crippen LogP contribution in [0.1, 0.15) is 64.5 Å². The number of carboxylic acids is 1. The van der Waals surface area contributed by atoms with E-state index < -0.39 is 40.9 Å². The Bertz CT molecular complexity index is 641. The van der Waals surface area contributed by atoms with Gasteiger partial charge < -0.3 is 20.9 Å². The summed E-state index contributed by atoms with van der Waals surface area (Å²) in [5.74, 6) is -3.27. The molecule has 1 aromatic rings. The third-order valence-corrected chi connectivity index (χ3v) is 3.83. The maximum Gasteiger partial charge on any atom is 0.408 e. The molecular formula is C19H28F2N2O4. The van der Waals surface area contributed by atoms with Crippen LogP contribution in [0.2, 0.25) is 0 Å². The van der Waals surface area contributed by atoms with E-state index in [1.807, 2.05) is 5.32 Å². The van der Waals surface area contributed by atoms with Crippen LogP contribution in [0.25, 0.3) is 0 Å². The lowest BCUT2D eigenvalue weighted by atomic mass is 9.97. The minimum Gasteiger partial charge on any atom is -0.479 e. The predicted molar refractivity (Wildman–Crippen MR) is 97.2 cm³/mol. The number of nitrogens with two attached hydrogens (primary N) is 1. The van der Waals surface area contributed by atoms with Crippen LogP contribution in [-0.2, 0) is 9.53 Å². The third-order valence-electron chi connectivity index (χ3n) is 3.83. The molecule has 1 aliphatic carbocycles. The van der Waals surface area contributed by atoms with Gasteiger partial charge in [-0.05, 0) is 51.8 Å². The SMILES string of the molecule is CC(C)(C)OC(=O)N[C@H](C(=O)O)c1cc(F)ccc1F.NC1CCCCC1. The van der Waals surface area contributed by atoms with Crippen LogP contribution >= 0.6 is 0 Å². The summed E-state index contributed by atoms with van der Waals surface area (Å²) in [6.45, 7) is 4.77. The zero-order valence-corrected chi connectivity index (χ0v) is 15.9. The first-order valence-corrected chi connectivity index (χ1v) is 8.92. The number of hydrogen-bond donors (Lipinski definition) is 3. The average molecular weight is 386 g/mol. The zero-order chi connectivity index (χ0) is 20.6. The monoisotopic (exact) mass is 386 g/mol. The second-order valence-corrected chi connectivity index (χ2v) is 7.48. The van der Waals surface area contributed by atoms with Crippen molar-refractivity contribution in [2.75, 3.05) is 0 Å². The molecule has 0 spiro atoms. The largest absolute Gasteiger partial charge is 0.479 e. The second kappa shape index (κ2) is 10.2. The quantitative estimate of drug-likeness (QED) is 0.731. The van der Waals surface area contributed by atoms with Crippen molar-refractivity contribution in [2.24, 2.45) is 5.73 Å². The Morgan fingerprint density at radius 2 is 1.81 bits per heavy atom. The maximum atomic E-state index is 13.5. The summed E-state index contributed by atoms with van der Waals surface area (Å²) in [7, 11) is 0. The van der Waals surface area contributed by atoms with Crippen LogP contribution in [0.5, 0.6) is 0 Å². The third kappa shape index (κ3) is 8.81. The fourth-order valence-corrected chi connectivity index (χ4v) is 2.57. The normalized spacial score (nSPS) is 15.9. The standard InChI is InChI=1S/C13H15F2NO4.C6H13N/c1-13(2,3)20-12(19)16-10(11(17)18)8-6-7(14)4-5-9(8)15;7-6-4-2-1-3-5-6/h4-6,10H,1-3H3,(H,16,19)(H,17,18);6H,1-5,7H2/t10-;/m0./s1. The van der Waals surface area contributed by atoms with Gasteiger partial charge in [0.25, 0.3) is 0 Å². The van der Waals surface area contributed by atoms with Gasteiger partial charge in [-0.2, -0.15) is 0 Å². The van der Waals surface area contributed by atoms with Gasteiger partial charge in [-0.1, -0.05) is 19.3 Å². The lowest BCUT2D eigenvalue weighted by Gasteiger charge is -2.22. The molecule has 8 heteroatoms. The molecule has 0 heterocycles. The van der Waals surface area contributed by atoms with Crippen molar-refractivity contribution in [3.63, 3.8) is 0 Å². The van der Waals surface area contributed by atoms with Gasteiger partial charge in [0.15, 0.2) is 6.04 Å². The van der Waals surface area contributed by atoms with E-state index in [9.17, 15) is 18.4 Å². The van der Waals surface area contributed by atoms with Gasteiger partial charge in [0.2, 0.25) is 0 Å². The molecule has 1 amide bonds. The van der Waals surface area contributed by atoms with Crippen molar-refractivity contribution in [2.45, 2.75) is 70.6 Å². The molecule has 1 aliphatic rings. The molecule has 1 aromatic carbocycles. The van der Waals surface area contributed by atoms with Gasteiger partial charge in [-0.3, -0.25) is 0 Å². The molecule has 0 radical (unpaired) electrons. The van der Waals surface area contributed by atoms with E-state index in [0.717, 1.165) is 12.1 Å². The zero-order valence-electron chi connectivity index (χ0n) is 15.9. The molecule has 0 saturated heterocycles. The first-order valence-electron chi connectivity index (χ1n) is 8.92. The number of aliphatic carboxylic acids is 1. The molecular weight excluding hydrogens is 358 g/mol. The molecule has 27 heavy (non-hydrogen) atoms. The highest BCUT2D eigenvalue weighted by atomic mass is 19.1. The number of alkyl carbamates (subject to hydrolysis) is 1. The lowest BCUT2D eigenvalue weighted by Crippen LogP contribution is -2.38. The van der Waals surface area contributed by atoms with Gasteiger partial charge in [0.05, 0.1) is 0 Å². The summed E-state index contributed by atoms with van der Waals surface area (Å²) >= 11 is 0. The van der Waals surface area contributed by atoms with Crippen molar-refractivity contribution >= 4 is 12.1 Å². The highest BCUT2D eigenvalue weighted by Crippen LogP contribution is 2.20. The number of nitrogens with one attached hydrogen (secondary N) is 1. The molecule has 0 bridgehead atoms. The minimum absolute atomic E-state index is 0.483. The van der Waals surface area contributed by atoms with Crippen LogP contribution in [0.15, 0.2) is 18.2 Å². The predicted octanol–water partition coefficient (Wildman–Crippen LogP) is 3.89. The fourth-order valence-electron chi connectivity index (χ4n) is 2.57. The summed E-state index contributed by atoms with van der Waals surface area (Å²) in [4.78, 5) is 22.6. The molecule has 1 atom stereocenters. The van der Waals surface area contributed by atoms with Gasteiger partial charge in [0, 0.05) is 11.6 Å². The van der Waals surface area contributed by atoms with Gasteiger partial charge >= 0.3 is 12.1 Å². The number of halogens is 2. The number of amides is 1. The van der Waals surface area contributed by atoms with E-state index in [1.165, 1.54) is 32.1 Å². The van der Waals surface area contributed by atoms with Crippen LogP contribution in [-0.4, -0.2) is 28.8 Å². The van der Waals surface area contributed by atoms with E-state index in [4.69, 9.17) is 15.6 Å². The Morgan fingerprint density at radius 1 is 1.22 bits per heavy atom. The summed E-state index contributed by atoms with van der Waals surface area (Å²) in [6.07, 6.45) is 5.63. The van der Waals surface area contributed by atoms with Crippen molar-refractivity contribution in [1.82, 2.24) is 5.32 Å². The smallest absolute Gasteiger partial charge is 0.408 e. The van der Waals surface area contributed by atoms with Crippen molar-refractivity contribution in [1.29, 1.82) is 0 Å². The van der Waals surface area contributed by atoms with E-state index in [1.54, 1.807) is 20.8 Å². The molecule has 1 saturated carbocycles. The lowest BCUT2D eigenvalue weighted by molar-refractivity contribution is -0.139. The second-order valence-electron chi connectivity index (χ2n) is 7.48. The Morgan fingerprint density at radius 3 is 2.26 bits per heavy atom. The Hall–Kier alpha value is -2.22. The molecule has 6 nitrogen and oxygen atoms in total. The van der Waals surface area contributed by atoms with Crippen LogP contribution in [0.4, 0.5) is 13.6 Å². The average Bonchev–Trinajstić information content (AvgIpc) is 2.54. The van der Waals surface area contributed by atoms with Gasteiger partial charge in [0.1, 0.15) is 17.2 Å². The van der Waals surface area contributed by atoms with Crippen LogP contribution in [0, 0.1) is 11.6 Å². The molecule has 4 N–H and O–H groups in total. The molecule has 0 unspecified atom stereocenters. The molecule has 1 fully saturated rings. The van der Waals surface area contributed by atoms with Crippen LogP contribution < -0.4 is 11.1 Å². The van der Waals surface area contributed by atoms with E-state index in [0.29, 0.717) is 12.1 Å². The van der Waals surface area contributed by atoms with Crippen molar-refractivity contribution in [3.05, 3.63) is 35.4 Å². The van der Waals surface area contributed by atoms with E-state index in [2.05, 4.69) is 0 Å². The van der Waals surface area contributed by atoms with E-state index >= 15 is 0 Å². The molecule has 152 valence electrons. The van der Waals surface area contributed by atoms with E-state index in [-0.39, 0.29) is 0 Å². The number of carbonyl (C=O) groups excluding carboxylic acids is 1. The number of benzene rings is 1. The first-order chi connectivity index (χ1) is 12.5. The van der Waals surface area contributed by atoms with Gasteiger partial charge in [-0.15, -0.1) is 0 Å². The number of ether oxygens (including phenoxy) is 1. The number of hydrogen-bond acceptors (Lipinski definition) is 4. The summed E-state index contributed by atoms with van der Waals surface area (Å²) < 4.78 is 31.5. The molecule has 2 rings (SSSR count). The number of carbonyl (C=O) groups is 2. The Labute approximate surface area is 158 Å². The Balaban J connectivity index is 0.000000433. The fraction of sp³-hybridized carbons (Fsp3) is 0.579. The topological polar surface area (TPSA) is 102 Å². The van der Waals surface area contributed by atoms with Crippen molar-refractivity contribution in [3.8, 4) is 0 Å². The van der Waals surface area contributed by atoms with Crippen molar-refractivity contribution < 1.29 is 28.2 Å². The highest BCUT2D eigenvalue weighted by molar-refractivity contribution is 5.81. The van der Waals surface area contributed by atoms with Crippen LogP contribution in [0.3, 0.4) is 0 Å². The first kappa shape index (κ1) is 22.8. The molecule has 0 aliphatic heterocycles. The minimum atomic E-state index is -1.74. The summed E-state index contributed by atoms with van der Waals surface area (Å²) in [5.41, 5.74) is 4.31. The van der Waals surface area contributed by atoms with Gasteiger partial charge in [-0.25, -0.2) is 18.4 Å². The highest BCUT2D eigenvalue weighted by Gasteiger charge is 2.28. The number of carboxylic acid groups (broad SMARTS) is 1. The summed E-state index contributed by atoms with van der Waals surface area (Å²) in [6, 6.07) is 1.16. The number of rotatable bonds is 3. The molecule has 0 aromatic heterocycles. The summed E-state index contributed by atoms with van der Waals surface area (Å²) in [5, 5.41) is 11.0. The Kier molecular flexibility index (Phi) is 8.62.